The Morgan fingerprint density at radius 3 is 1.11 bits per heavy atom. The highest BCUT2D eigenvalue weighted by molar-refractivity contribution is 6.09. The van der Waals surface area contributed by atoms with Crippen LogP contribution in [0.1, 0.15) is 0 Å². The van der Waals surface area contributed by atoms with Crippen molar-refractivity contribution in [2.24, 2.45) is 0 Å². The molecule has 5 rings (SSSR count). The summed E-state index contributed by atoms with van der Waals surface area (Å²) in [6.45, 7) is 0. The third-order valence-electron chi connectivity index (χ3n) is 5.85. The van der Waals surface area contributed by atoms with Crippen LogP contribution in [0.3, 0.4) is 0 Å². The van der Waals surface area contributed by atoms with Crippen LogP contribution in [0.2, 0.25) is 0 Å². The Balaban J connectivity index is 1.76. The number of hydrogen-bond acceptors (Lipinski definition) is 2. The maximum absolute atomic E-state index is 14.2. The van der Waals surface area contributed by atoms with Crippen LogP contribution in [0.15, 0.2) is 109 Å². The Labute approximate surface area is 202 Å². The molecule has 5 aromatic carbocycles. The molecule has 0 amide bonds. The van der Waals surface area contributed by atoms with E-state index in [9.17, 15) is 26.3 Å². The van der Waals surface area contributed by atoms with Gasteiger partial charge < -0.3 is 0 Å². The van der Waals surface area contributed by atoms with Gasteiger partial charge in [0, 0.05) is 22.1 Å². The first-order valence-electron chi connectivity index (χ1n) is 10.9. The van der Waals surface area contributed by atoms with Gasteiger partial charge in [-0.2, -0.15) is 0 Å². The van der Waals surface area contributed by atoms with Crippen molar-refractivity contribution in [2.45, 2.75) is 12.6 Å². The Morgan fingerprint density at radius 1 is 0.417 bits per heavy atom. The molecule has 0 N–H and O–H groups in total. The fourth-order valence-corrected chi connectivity index (χ4v) is 4.41. The van der Waals surface area contributed by atoms with E-state index >= 15 is 0 Å². The van der Waals surface area contributed by atoms with Crippen LogP contribution in [-0.4, -0.2) is 12.6 Å². The second-order valence-corrected chi connectivity index (χ2v) is 8.13. The molecular formula is C28H18F6N2. The topological polar surface area (TPSA) is 6.48 Å². The molecule has 182 valence electrons. The molecule has 0 bridgehead atoms. The summed E-state index contributed by atoms with van der Waals surface area (Å²) in [6, 6.07) is 26.5. The van der Waals surface area contributed by atoms with Crippen LogP contribution in [0.25, 0.3) is 21.5 Å². The van der Waals surface area contributed by atoms with Gasteiger partial charge in [0.1, 0.15) is 0 Å². The average Bonchev–Trinajstić information content (AvgIpc) is 2.83. The normalized spacial score (nSPS) is 12.2. The van der Waals surface area contributed by atoms with E-state index < -0.39 is 12.6 Å². The second kappa shape index (κ2) is 8.78. The fraction of sp³-hybridized carbons (Fsp3) is 0.0714. The predicted molar refractivity (Wildman–Crippen MR) is 131 cm³/mol. The minimum atomic E-state index is -4.73. The van der Waals surface area contributed by atoms with Crippen molar-refractivity contribution in [2.75, 3.05) is 9.80 Å². The summed E-state index contributed by atoms with van der Waals surface area (Å²) in [7, 11) is 0. The van der Waals surface area contributed by atoms with E-state index in [2.05, 4.69) is 0 Å². The molecule has 0 radical (unpaired) electrons. The summed E-state index contributed by atoms with van der Waals surface area (Å²) in [5.41, 5.74) is -0.374. The number of fused-ring (bicyclic) bond motifs is 2. The van der Waals surface area contributed by atoms with E-state index in [0.29, 0.717) is 10.8 Å². The van der Waals surface area contributed by atoms with Crippen LogP contribution >= 0.6 is 0 Å². The number of rotatable bonds is 4. The lowest BCUT2D eigenvalue weighted by Crippen LogP contribution is -2.34. The quantitative estimate of drug-likeness (QED) is 0.139. The first-order chi connectivity index (χ1) is 17.1. The summed E-state index contributed by atoms with van der Waals surface area (Å²) in [5, 5.41) is 1.30. The number of nitrogens with zero attached hydrogens (tertiary/aromatic N) is 2. The lowest BCUT2D eigenvalue weighted by molar-refractivity contribution is -0.121. The average molecular weight is 496 g/mol. The first-order valence-corrected chi connectivity index (χ1v) is 10.9. The molecule has 0 unspecified atom stereocenters. The van der Waals surface area contributed by atoms with Gasteiger partial charge in [-0.1, -0.05) is 60.7 Å². The van der Waals surface area contributed by atoms with Crippen LogP contribution in [-0.2, 0) is 0 Å². The number of benzene rings is 5. The Kier molecular flexibility index (Phi) is 5.74. The highest BCUT2D eigenvalue weighted by atomic mass is 19.4. The van der Waals surface area contributed by atoms with E-state index in [1.165, 1.54) is 84.9 Å². The Hall–Kier alpha value is -4.20. The molecule has 5 aromatic rings. The second-order valence-electron chi connectivity index (χ2n) is 8.13. The summed E-state index contributed by atoms with van der Waals surface area (Å²) in [6.07, 6.45) is -9.46. The van der Waals surface area contributed by atoms with Gasteiger partial charge >= 0.3 is 12.6 Å². The van der Waals surface area contributed by atoms with E-state index in [4.69, 9.17) is 0 Å². The van der Waals surface area contributed by atoms with Gasteiger partial charge in [-0.25, -0.2) is 0 Å². The molecule has 8 heteroatoms. The van der Waals surface area contributed by atoms with Crippen molar-refractivity contribution in [1.82, 2.24) is 0 Å². The van der Waals surface area contributed by atoms with Gasteiger partial charge in [0.15, 0.2) is 0 Å². The minimum Gasteiger partial charge on any atom is -0.252 e. The third kappa shape index (κ3) is 4.30. The SMILES string of the molecule is FC(F)(F)N(c1ccccc1)c1cccc2cc3c(N(c4ccccc4)C(F)(F)F)cccc3cc12. The van der Waals surface area contributed by atoms with E-state index in [1.807, 2.05) is 0 Å². The van der Waals surface area contributed by atoms with Gasteiger partial charge in [0.25, 0.3) is 0 Å². The fourth-order valence-electron chi connectivity index (χ4n) is 4.41. The smallest absolute Gasteiger partial charge is 0.252 e. The monoisotopic (exact) mass is 496 g/mol. The van der Waals surface area contributed by atoms with Gasteiger partial charge in [0.2, 0.25) is 0 Å². The summed E-state index contributed by atoms with van der Waals surface area (Å²) < 4.78 is 85.3. The number of alkyl halides is 6. The van der Waals surface area contributed by atoms with Gasteiger partial charge in [0.05, 0.1) is 11.4 Å². The summed E-state index contributed by atoms with van der Waals surface area (Å²) in [4.78, 5) is 0.550. The zero-order chi connectivity index (χ0) is 25.5. The molecule has 36 heavy (non-hydrogen) atoms. The van der Waals surface area contributed by atoms with Crippen molar-refractivity contribution >= 4 is 44.3 Å². The van der Waals surface area contributed by atoms with E-state index in [1.54, 1.807) is 24.3 Å². The Morgan fingerprint density at radius 2 is 0.778 bits per heavy atom. The largest absolute Gasteiger partial charge is 0.489 e. The van der Waals surface area contributed by atoms with Gasteiger partial charge in [-0.15, -0.1) is 26.3 Å². The Bertz CT molecular complexity index is 1400. The molecule has 0 saturated heterocycles. The van der Waals surface area contributed by atoms with Crippen molar-refractivity contribution in [3.05, 3.63) is 109 Å². The van der Waals surface area contributed by atoms with Crippen molar-refractivity contribution in [3.63, 3.8) is 0 Å². The lowest BCUT2D eigenvalue weighted by atomic mass is 10.00. The molecular weight excluding hydrogens is 478 g/mol. The highest BCUT2D eigenvalue weighted by Gasteiger charge is 2.41. The molecule has 0 aromatic heterocycles. The molecule has 0 fully saturated rings. The van der Waals surface area contributed by atoms with E-state index in [-0.39, 0.29) is 43.3 Å². The minimum absolute atomic E-state index is 0.0707. The van der Waals surface area contributed by atoms with Crippen molar-refractivity contribution < 1.29 is 26.3 Å². The zero-order valence-corrected chi connectivity index (χ0v) is 18.6. The predicted octanol–water partition coefficient (Wildman–Crippen LogP) is 9.31. The zero-order valence-electron chi connectivity index (χ0n) is 18.6. The number of anilines is 4. The molecule has 0 saturated carbocycles. The molecule has 0 aliphatic rings. The third-order valence-corrected chi connectivity index (χ3v) is 5.85. The highest BCUT2D eigenvalue weighted by Crippen LogP contribution is 2.44. The summed E-state index contributed by atoms with van der Waals surface area (Å²) >= 11 is 0. The number of hydrogen-bond donors (Lipinski definition) is 0. The molecule has 2 nitrogen and oxygen atoms in total. The van der Waals surface area contributed by atoms with E-state index in [0.717, 1.165) is 0 Å². The van der Waals surface area contributed by atoms with Crippen molar-refractivity contribution in [3.8, 4) is 0 Å². The maximum atomic E-state index is 14.2. The molecule has 0 aliphatic heterocycles. The lowest BCUT2D eigenvalue weighted by Gasteiger charge is -2.29. The van der Waals surface area contributed by atoms with Crippen LogP contribution in [0, 0.1) is 0 Å². The van der Waals surface area contributed by atoms with Crippen molar-refractivity contribution in [1.29, 1.82) is 0 Å². The molecule has 0 atom stereocenters. The van der Waals surface area contributed by atoms with Gasteiger partial charge in [-0.3, -0.25) is 9.80 Å². The molecule has 0 spiro atoms. The summed E-state index contributed by atoms with van der Waals surface area (Å²) in [5.74, 6) is 0. The standard InChI is InChI=1S/C28H18F6N2/c29-27(30,31)35(21-11-3-1-4-12-21)25-15-7-9-19-18-24-20(17-23(19)25)10-8-16-26(24)36(28(32,33)34)22-13-5-2-6-14-22/h1-18H. The van der Waals surface area contributed by atoms with Gasteiger partial charge in [-0.05, 0) is 59.3 Å². The van der Waals surface area contributed by atoms with Crippen LogP contribution in [0.5, 0.6) is 0 Å². The first kappa shape index (κ1) is 23.5. The number of para-hydroxylation sites is 2. The molecule has 0 heterocycles. The van der Waals surface area contributed by atoms with Crippen LogP contribution in [0.4, 0.5) is 49.1 Å². The number of halogens is 6. The molecule has 0 aliphatic carbocycles. The maximum Gasteiger partial charge on any atom is 0.489 e. The van der Waals surface area contributed by atoms with Crippen LogP contribution < -0.4 is 9.80 Å².